The summed E-state index contributed by atoms with van der Waals surface area (Å²) in [6, 6.07) is 1.82. The van der Waals surface area contributed by atoms with Crippen LogP contribution in [-0.2, 0) is 4.79 Å². The number of hydrogen-bond acceptors (Lipinski definition) is 4. The minimum atomic E-state index is -0.765. The highest BCUT2D eigenvalue weighted by molar-refractivity contribution is 5.67. The number of nitrogens with one attached hydrogen (secondary N) is 1. The molecule has 1 aromatic heterocycles. The van der Waals surface area contributed by atoms with E-state index in [9.17, 15) is 4.79 Å². The van der Waals surface area contributed by atoms with E-state index in [0.717, 1.165) is 12.1 Å². The molecule has 0 aliphatic rings. The minimum Gasteiger partial charge on any atom is -0.481 e. The van der Waals surface area contributed by atoms with Gasteiger partial charge in [-0.05, 0) is 18.9 Å². The summed E-state index contributed by atoms with van der Waals surface area (Å²) >= 11 is 0. The van der Waals surface area contributed by atoms with Gasteiger partial charge < -0.3 is 10.4 Å². The smallest absolute Gasteiger partial charge is 0.303 e. The van der Waals surface area contributed by atoms with Gasteiger partial charge in [0.15, 0.2) is 0 Å². The molecule has 0 spiro atoms. The van der Waals surface area contributed by atoms with Crippen molar-refractivity contribution in [2.75, 3.05) is 11.9 Å². The summed E-state index contributed by atoms with van der Waals surface area (Å²) < 4.78 is 0. The number of rotatable bonds is 6. The van der Waals surface area contributed by atoms with E-state index in [4.69, 9.17) is 5.11 Å². The number of carbonyl (C=O) groups is 1. The molecule has 2 N–H and O–H groups in total. The van der Waals surface area contributed by atoms with E-state index in [2.05, 4.69) is 15.3 Å². The Labute approximate surface area is 94.9 Å². The Balaban J connectivity index is 2.46. The summed E-state index contributed by atoms with van der Waals surface area (Å²) in [4.78, 5) is 18.8. The maximum absolute atomic E-state index is 10.6. The summed E-state index contributed by atoms with van der Waals surface area (Å²) in [5.41, 5.74) is 0.892. The molecule has 5 nitrogen and oxygen atoms in total. The lowest BCUT2D eigenvalue weighted by atomic mass is 10.0. The first-order valence-corrected chi connectivity index (χ1v) is 5.37. The number of anilines is 1. The van der Waals surface area contributed by atoms with Crippen LogP contribution in [0.1, 0.15) is 25.5 Å². The van der Waals surface area contributed by atoms with Gasteiger partial charge >= 0.3 is 5.97 Å². The molecule has 0 saturated carbocycles. The summed E-state index contributed by atoms with van der Waals surface area (Å²) in [6.45, 7) is 4.46. The second kappa shape index (κ2) is 6.05. The van der Waals surface area contributed by atoms with E-state index < -0.39 is 5.97 Å². The van der Waals surface area contributed by atoms with Gasteiger partial charge in [-0.25, -0.2) is 9.97 Å². The molecule has 1 heterocycles. The van der Waals surface area contributed by atoms with Crippen molar-refractivity contribution >= 4 is 11.9 Å². The molecule has 1 unspecified atom stereocenters. The van der Waals surface area contributed by atoms with Crippen LogP contribution >= 0.6 is 0 Å². The van der Waals surface area contributed by atoms with E-state index in [0.29, 0.717) is 12.5 Å². The van der Waals surface area contributed by atoms with Crippen molar-refractivity contribution in [3.63, 3.8) is 0 Å². The predicted molar refractivity (Wildman–Crippen MR) is 61.3 cm³/mol. The average Bonchev–Trinajstić information content (AvgIpc) is 2.24. The molecule has 0 fully saturated rings. The molecule has 0 aliphatic carbocycles. The third-order valence-corrected chi connectivity index (χ3v) is 2.38. The summed E-state index contributed by atoms with van der Waals surface area (Å²) in [6.07, 6.45) is 2.68. The molecule has 1 rings (SSSR count). The van der Waals surface area contributed by atoms with Crippen LogP contribution < -0.4 is 5.32 Å². The topological polar surface area (TPSA) is 75.1 Å². The molecule has 0 aliphatic heterocycles. The van der Waals surface area contributed by atoms with Crippen molar-refractivity contribution in [2.24, 2.45) is 5.92 Å². The SMILES string of the molecule is CCC(CNc1nccc(C)n1)CC(=O)O. The second-order valence-corrected chi connectivity index (χ2v) is 3.77. The van der Waals surface area contributed by atoms with Crippen molar-refractivity contribution in [3.8, 4) is 0 Å². The van der Waals surface area contributed by atoms with E-state index >= 15 is 0 Å². The summed E-state index contributed by atoms with van der Waals surface area (Å²) in [5, 5.41) is 11.8. The molecule has 0 radical (unpaired) electrons. The fourth-order valence-corrected chi connectivity index (χ4v) is 1.38. The number of carboxylic acid groups (broad SMARTS) is 1. The Kier molecular flexibility index (Phi) is 4.69. The predicted octanol–water partition coefficient (Wildman–Crippen LogP) is 1.70. The van der Waals surface area contributed by atoms with Crippen molar-refractivity contribution in [3.05, 3.63) is 18.0 Å². The van der Waals surface area contributed by atoms with Gasteiger partial charge in [0.25, 0.3) is 0 Å². The zero-order chi connectivity index (χ0) is 12.0. The first-order valence-electron chi connectivity index (χ1n) is 5.37. The van der Waals surface area contributed by atoms with Crippen LogP contribution in [0.25, 0.3) is 0 Å². The third-order valence-electron chi connectivity index (χ3n) is 2.38. The quantitative estimate of drug-likeness (QED) is 0.767. The fourth-order valence-electron chi connectivity index (χ4n) is 1.38. The van der Waals surface area contributed by atoms with Gasteiger partial charge in [0, 0.05) is 24.9 Å². The largest absolute Gasteiger partial charge is 0.481 e. The lowest BCUT2D eigenvalue weighted by Gasteiger charge is -2.13. The number of aryl methyl sites for hydroxylation is 1. The van der Waals surface area contributed by atoms with E-state index in [-0.39, 0.29) is 12.3 Å². The van der Waals surface area contributed by atoms with Crippen molar-refractivity contribution < 1.29 is 9.90 Å². The van der Waals surface area contributed by atoms with Crippen LogP contribution in [0.4, 0.5) is 5.95 Å². The highest BCUT2D eigenvalue weighted by Crippen LogP contribution is 2.09. The van der Waals surface area contributed by atoms with Gasteiger partial charge in [0.1, 0.15) is 0 Å². The maximum Gasteiger partial charge on any atom is 0.303 e. The number of aliphatic carboxylic acids is 1. The normalized spacial score (nSPS) is 12.1. The molecule has 1 aromatic rings. The van der Waals surface area contributed by atoms with Gasteiger partial charge in [0.05, 0.1) is 0 Å². The van der Waals surface area contributed by atoms with Gasteiger partial charge in [-0.1, -0.05) is 13.3 Å². The van der Waals surface area contributed by atoms with E-state index in [1.807, 2.05) is 19.9 Å². The lowest BCUT2D eigenvalue weighted by molar-refractivity contribution is -0.138. The van der Waals surface area contributed by atoms with Crippen LogP contribution in [0.3, 0.4) is 0 Å². The molecule has 0 bridgehead atoms. The van der Waals surface area contributed by atoms with Crippen molar-refractivity contribution in [1.82, 2.24) is 9.97 Å². The number of hydrogen-bond donors (Lipinski definition) is 2. The highest BCUT2D eigenvalue weighted by atomic mass is 16.4. The highest BCUT2D eigenvalue weighted by Gasteiger charge is 2.11. The summed E-state index contributed by atoms with van der Waals surface area (Å²) in [7, 11) is 0. The Hall–Kier alpha value is -1.65. The molecule has 1 atom stereocenters. The van der Waals surface area contributed by atoms with Crippen LogP contribution in [0, 0.1) is 12.8 Å². The van der Waals surface area contributed by atoms with Crippen LogP contribution in [-0.4, -0.2) is 27.6 Å². The molecular formula is C11H17N3O2. The zero-order valence-corrected chi connectivity index (χ0v) is 9.60. The molecular weight excluding hydrogens is 206 g/mol. The number of nitrogens with zero attached hydrogens (tertiary/aromatic N) is 2. The lowest BCUT2D eigenvalue weighted by Crippen LogP contribution is -2.18. The minimum absolute atomic E-state index is 0.113. The van der Waals surface area contributed by atoms with E-state index in [1.54, 1.807) is 6.20 Å². The summed E-state index contributed by atoms with van der Waals surface area (Å²) in [5.74, 6) is -0.0933. The zero-order valence-electron chi connectivity index (χ0n) is 9.60. The maximum atomic E-state index is 10.6. The Bertz CT molecular complexity index is 355. The molecule has 0 aromatic carbocycles. The van der Waals surface area contributed by atoms with Crippen LogP contribution in [0.2, 0.25) is 0 Å². The van der Waals surface area contributed by atoms with Gasteiger partial charge in [0.2, 0.25) is 5.95 Å². The van der Waals surface area contributed by atoms with Gasteiger partial charge in [-0.15, -0.1) is 0 Å². The fraction of sp³-hybridized carbons (Fsp3) is 0.545. The van der Waals surface area contributed by atoms with Gasteiger partial charge in [-0.3, -0.25) is 4.79 Å². The molecule has 0 saturated heterocycles. The molecule has 16 heavy (non-hydrogen) atoms. The molecule has 0 amide bonds. The van der Waals surface area contributed by atoms with Gasteiger partial charge in [-0.2, -0.15) is 0 Å². The second-order valence-electron chi connectivity index (χ2n) is 3.77. The standard InChI is InChI=1S/C11H17N3O2/c1-3-9(6-10(15)16)7-13-11-12-5-4-8(2)14-11/h4-5,9H,3,6-7H2,1-2H3,(H,15,16)(H,12,13,14). The molecule has 5 heteroatoms. The average molecular weight is 223 g/mol. The Morgan fingerprint density at radius 3 is 2.94 bits per heavy atom. The van der Waals surface area contributed by atoms with Crippen molar-refractivity contribution in [1.29, 1.82) is 0 Å². The van der Waals surface area contributed by atoms with Crippen LogP contribution in [0.15, 0.2) is 12.3 Å². The first-order chi connectivity index (χ1) is 7.61. The van der Waals surface area contributed by atoms with Crippen LogP contribution in [0.5, 0.6) is 0 Å². The molecule has 88 valence electrons. The Morgan fingerprint density at radius 2 is 2.38 bits per heavy atom. The third kappa shape index (κ3) is 4.25. The first kappa shape index (κ1) is 12.4. The number of aromatic nitrogens is 2. The monoisotopic (exact) mass is 223 g/mol. The Morgan fingerprint density at radius 1 is 1.62 bits per heavy atom. The van der Waals surface area contributed by atoms with Crippen molar-refractivity contribution in [2.45, 2.75) is 26.7 Å². The van der Waals surface area contributed by atoms with E-state index in [1.165, 1.54) is 0 Å². The number of carboxylic acids is 1.